The number of Topliss-reactive ketones (excluding diaryl/α,β-unsaturated/α-hetero) is 3. The zero-order valence-electron chi connectivity index (χ0n) is 42.4. The second-order valence-electron chi connectivity index (χ2n) is 20.2. The molecule has 0 aromatic rings. The van der Waals surface area contributed by atoms with Crippen molar-refractivity contribution in [3.63, 3.8) is 0 Å². The van der Waals surface area contributed by atoms with Crippen molar-refractivity contribution in [1.82, 2.24) is 4.90 Å². The maximum absolute atomic E-state index is 14.5. The van der Waals surface area contributed by atoms with Gasteiger partial charge in [-0.3, -0.25) is 19.2 Å². The Bertz CT molecular complexity index is 1810. The number of allylic oxidation sites excluding steroid dienone is 6. The van der Waals surface area contributed by atoms with Crippen LogP contribution in [0.15, 0.2) is 47.6 Å². The van der Waals surface area contributed by atoms with Crippen LogP contribution in [0.2, 0.25) is 0 Å². The molecule has 0 spiro atoms. The molecule has 15 nitrogen and oxygen atoms in total. The molecule has 3 heterocycles. The monoisotopic (exact) mass is 958 g/mol. The summed E-state index contributed by atoms with van der Waals surface area (Å²) in [5.41, 5.74) is 1.26. The summed E-state index contributed by atoms with van der Waals surface area (Å²) in [6.45, 7) is 12.9. The van der Waals surface area contributed by atoms with Crippen molar-refractivity contribution in [1.29, 1.82) is 0 Å². The first kappa shape index (κ1) is 57.2. The van der Waals surface area contributed by atoms with Gasteiger partial charge in [0.1, 0.15) is 30.1 Å². The van der Waals surface area contributed by atoms with E-state index in [0.29, 0.717) is 63.4 Å². The fourth-order valence-corrected chi connectivity index (χ4v) is 10.5. The summed E-state index contributed by atoms with van der Waals surface area (Å²) in [6.07, 6.45) is 12.0. The Morgan fingerprint density at radius 3 is 2.26 bits per heavy atom. The number of aliphatic hydroxyl groups excluding tert-OH is 2. The Balaban J connectivity index is 1.70. The van der Waals surface area contributed by atoms with Crippen molar-refractivity contribution in [2.24, 2.45) is 35.5 Å². The van der Waals surface area contributed by atoms with Gasteiger partial charge in [-0.1, -0.05) is 71.1 Å². The molecule has 2 saturated heterocycles. The van der Waals surface area contributed by atoms with Crippen molar-refractivity contribution in [3.05, 3.63) is 47.6 Å². The largest absolute Gasteiger partial charge is 0.460 e. The van der Waals surface area contributed by atoms with Gasteiger partial charge in [0.05, 0.1) is 37.6 Å². The number of piperidine rings is 1. The van der Waals surface area contributed by atoms with Gasteiger partial charge in [-0.15, -0.1) is 0 Å². The predicted octanol–water partition coefficient (Wildman–Crippen LogP) is 6.20. The summed E-state index contributed by atoms with van der Waals surface area (Å²) >= 11 is 0. The van der Waals surface area contributed by atoms with Crippen LogP contribution in [0, 0.1) is 35.5 Å². The number of fused-ring (bicyclic) bond motifs is 3. The second kappa shape index (κ2) is 27.3. The molecule has 384 valence electrons. The highest BCUT2D eigenvalue weighted by Crippen LogP contribution is 2.38. The number of rotatable bonds is 9. The van der Waals surface area contributed by atoms with Crippen molar-refractivity contribution in [2.75, 3.05) is 41.1 Å². The predicted molar refractivity (Wildman–Crippen MR) is 256 cm³/mol. The van der Waals surface area contributed by atoms with Crippen LogP contribution in [0.5, 0.6) is 0 Å². The minimum Gasteiger partial charge on any atom is -0.460 e. The number of hydrogen-bond donors (Lipinski definition) is 3. The van der Waals surface area contributed by atoms with E-state index >= 15 is 0 Å². The lowest BCUT2D eigenvalue weighted by Crippen LogP contribution is -2.61. The highest BCUT2D eigenvalue weighted by atomic mass is 16.6. The van der Waals surface area contributed by atoms with Crippen LogP contribution in [-0.2, 0) is 52.4 Å². The normalized spacial score (nSPS) is 37.9. The molecule has 15 heteroatoms. The molecule has 0 aromatic heterocycles. The SMILES string of the molecule is CO[C@H]1C[C@@H]2CC[C@@H](C)[C@@](O)(O2)C(=O)C(=O)N2CCCC[C@H]2C(=O)OC([C@H](C)C[C@@H]2CC[C@@H](OCCO)[C@H](OC)C2)CC(=O)[C@H](C)/C=C(\C)[C@@H](O)[C@@H](OC)C(=O)[C@H](C)C[C@@H](C)/C=C\C=CC=C1C. The van der Waals surface area contributed by atoms with E-state index in [1.54, 1.807) is 41.1 Å². The summed E-state index contributed by atoms with van der Waals surface area (Å²) in [5.74, 6) is -7.96. The van der Waals surface area contributed by atoms with E-state index in [9.17, 15) is 39.3 Å². The standard InChI is InChI=1S/C53H83NO14/c1-32-16-12-11-13-17-33(2)44(63-8)30-40-21-19-38(7)53(62,68-40)50(59)51(60)54-23-15-14-18-41(54)52(61)67-45(35(4)28-39-20-22-43(66-25-24-55)46(29-39)64-9)31-42(56)34(3)27-37(6)48(58)49(65-10)47(57)36(5)26-32/h11-13,16-17,27,32,34-36,38-41,43-46,48-49,55,58,62H,14-15,18-26,28-31H2,1-10H3/b13-11?,16-12-,33-17?,37-27+/t32-,34+,35+,36+,38+,39-,40-,41-,43+,44-,45?,46+,48+,49-,53+/m0/s1. The smallest absolute Gasteiger partial charge is 0.329 e. The third-order valence-corrected chi connectivity index (χ3v) is 14.9. The zero-order chi connectivity index (χ0) is 50.3. The molecular formula is C53H83NO14. The number of amides is 1. The number of nitrogens with zero attached hydrogens (tertiary/aromatic N) is 1. The number of aliphatic hydroxyl groups is 3. The number of cyclic esters (lactones) is 1. The van der Waals surface area contributed by atoms with Gasteiger partial charge < -0.3 is 48.6 Å². The van der Waals surface area contributed by atoms with E-state index in [4.69, 9.17) is 28.4 Å². The maximum atomic E-state index is 14.5. The van der Waals surface area contributed by atoms with E-state index in [1.165, 1.54) is 12.0 Å². The van der Waals surface area contributed by atoms with Crippen LogP contribution in [0.1, 0.15) is 126 Å². The minimum absolute atomic E-state index is 0.0158. The van der Waals surface area contributed by atoms with Crippen LogP contribution >= 0.6 is 0 Å². The molecule has 0 aromatic carbocycles. The lowest BCUT2D eigenvalue weighted by Gasteiger charge is -2.42. The number of ether oxygens (including phenoxy) is 6. The van der Waals surface area contributed by atoms with Gasteiger partial charge in [0.15, 0.2) is 5.78 Å². The number of esters is 1. The van der Waals surface area contributed by atoms with Crippen molar-refractivity contribution < 1.29 is 67.7 Å². The Morgan fingerprint density at radius 1 is 0.853 bits per heavy atom. The van der Waals surface area contributed by atoms with Gasteiger partial charge in [0.25, 0.3) is 11.7 Å². The van der Waals surface area contributed by atoms with Crippen LogP contribution in [-0.4, -0.2) is 145 Å². The van der Waals surface area contributed by atoms with Crippen LogP contribution in [0.25, 0.3) is 0 Å². The molecule has 15 atom stereocenters. The van der Waals surface area contributed by atoms with Crippen molar-refractivity contribution in [3.8, 4) is 0 Å². The molecule has 3 aliphatic heterocycles. The van der Waals surface area contributed by atoms with E-state index < -0.39 is 77.8 Å². The maximum Gasteiger partial charge on any atom is 0.329 e. The van der Waals surface area contributed by atoms with E-state index in [0.717, 1.165) is 12.0 Å². The van der Waals surface area contributed by atoms with E-state index in [2.05, 4.69) is 0 Å². The number of carbonyl (C=O) groups excluding carboxylic acids is 5. The highest BCUT2D eigenvalue weighted by Gasteiger charge is 2.53. The van der Waals surface area contributed by atoms with E-state index in [1.807, 2.05) is 58.1 Å². The average molecular weight is 958 g/mol. The summed E-state index contributed by atoms with van der Waals surface area (Å²) in [4.78, 5) is 72.1. The number of ketones is 3. The summed E-state index contributed by atoms with van der Waals surface area (Å²) in [6, 6.07) is -1.14. The molecule has 3 N–H and O–H groups in total. The topological polar surface area (TPSA) is 205 Å². The molecule has 0 radical (unpaired) electrons. The molecule has 1 saturated carbocycles. The number of hydrogen-bond acceptors (Lipinski definition) is 14. The third-order valence-electron chi connectivity index (χ3n) is 14.9. The van der Waals surface area contributed by atoms with Crippen LogP contribution < -0.4 is 0 Å². The fourth-order valence-electron chi connectivity index (χ4n) is 10.5. The van der Waals surface area contributed by atoms with Gasteiger partial charge in [0.2, 0.25) is 5.79 Å². The van der Waals surface area contributed by atoms with Gasteiger partial charge in [-0.25, -0.2) is 4.79 Å². The van der Waals surface area contributed by atoms with Gasteiger partial charge in [-0.05, 0) is 107 Å². The number of carbonyl (C=O) groups is 5. The minimum atomic E-state index is -2.43. The Labute approximate surface area is 405 Å². The molecule has 1 unspecified atom stereocenters. The molecule has 2 bridgehead atoms. The third kappa shape index (κ3) is 15.3. The van der Waals surface area contributed by atoms with E-state index in [-0.39, 0.29) is 74.1 Å². The molecule has 3 fully saturated rings. The second-order valence-corrected chi connectivity index (χ2v) is 20.2. The lowest BCUT2D eigenvalue weighted by atomic mass is 9.78. The van der Waals surface area contributed by atoms with Crippen LogP contribution in [0.3, 0.4) is 0 Å². The highest BCUT2D eigenvalue weighted by molar-refractivity contribution is 6.39. The first-order chi connectivity index (χ1) is 32.3. The van der Waals surface area contributed by atoms with Crippen LogP contribution in [0.4, 0.5) is 0 Å². The van der Waals surface area contributed by atoms with Gasteiger partial charge in [-0.2, -0.15) is 0 Å². The van der Waals surface area contributed by atoms with Gasteiger partial charge >= 0.3 is 5.97 Å². The summed E-state index contributed by atoms with van der Waals surface area (Å²) in [5, 5.41) is 32.8. The van der Waals surface area contributed by atoms with Crippen molar-refractivity contribution in [2.45, 2.75) is 180 Å². The van der Waals surface area contributed by atoms with Gasteiger partial charge in [0, 0.05) is 58.5 Å². The number of methoxy groups -OCH3 is 3. The first-order valence-corrected chi connectivity index (χ1v) is 25.0. The Hall–Kier alpha value is -3.41. The quantitative estimate of drug-likeness (QED) is 0.134. The molecule has 68 heavy (non-hydrogen) atoms. The molecule has 4 rings (SSSR count). The fraction of sp³-hybridized carbons (Fsp3) is 0.755. The molecule has 1 amide bonds. The Morgan fingerprint density at radius 2 is 1.59 bits per heavy atom. The average Bonchev–Trinajstić information content (AvgIpc) is 3.32. The lowest BCUT2D eigenvalue weighted by molar-refractivity contribution is -0.265. The molecule has 4 aliphatic rings. The molecule has 1 aliphatic carbocycles. The summed E-state index contributed by atoms with van der Waals surface area (Å²) in [7, 11) is 4.58. The summed E-state index contributed by atoms with van der Waals surface area (Å²) < 4.78 is 35.6. The zero-order valence-corrected chi connectivity index (χ0v) is 42.4. The van der Waals surface area contributed by atoms with Crippen molar-refractivity contribution >= 4 is 29.2 Å². The molecular weight excluding hydrogens is 875 g/mol. The first-order valence-electron chi connectivity index (χ1n) is 25.0. The Kier molecular flexibility index (Phi) is 22.9.